The van der Waals surface area contributed by atoms with E-state index in [0.717, 1.165) is 16.7 Å². The lowest BCUT2D eigenvalue weighted by atomic mass is 10.2. The van der Waals surface area contributed by atoms with Crippen molar-refractivity contribution in [1.82, 2.24) is 9.29 Å². The molecule has 28 heavy (non-hydrogen) atoms. The zero-order valence-corrected chi connectivity index (χ0v) is 16.7. The van der Waals surface area contributed by atoms with Crippen molar-refractivity contribution in [3.05, 3.63) is 54.4 Å². The normalized spacial score (nSPS) is 16.9. The molecule has 1 aliphatic heterocycles. The van der Waals surface area contributed by atoms with Crippen LogP contribution >= 0.6 is 0 Å². The second-order valence-corrected chi connectivity index (χ2v) is 8.78. The van der Waals surface area contributed by atoms with Crippen molar-refractivity contribution in [1.29, 1.82) is 0 Å². The molecule has 1 saturated heterocycles. The van der Waals surface area contributed by atoms with Gasteiger partial charge in [0.1, 0.15) is 22.1 Å². The Morgan fingerprint density at radius 3 is 2.57 bits per heavy atom. The van der Waals surface area contributed by atoms with E-state index in [1.807, 2.05) is 49.2 Å². The lowest BCUT2D eigenvalue weighted by molar-refractivity contribution is 0.0730. The summed E-state index contributed by atoms with van der Waals surface area (Å²) in [5.41, 5.74) is 0.845. The summed E-state index contributed by atoms with van der Waals surface area (Å²) < 4.78 is 38.1. The fourth-order valence-corrected chi connectivity index (χ4v) is 4.62. The van der Waals surface area contributed by atoms with E-state index in [2.05, 4.69) is 4.98 Å². The number of morpholine rings is 1. The van der Waals surface area contributed by atoms with Gasteiger partial charge in [-0.3, -0.25) is 0 Å². The van der Waals surface area contributed by atoms with Crippen molar-refractivity contribution < 1.29 is 17.6 Å². The van der Waals surface area contributed by atoms with Crippen molar-refractivity contribution in [2.24, 2.45) is 0 Å². The minimum Gasteiger partial charge on any atom is -0.459 e. The van der Waals surface area contributed by atoms with Gasteiger partial charge in [-0.2, -0.15) is 4.31 Å². The van der Waals surface area contributed by atoms with Gasteiger partial charge in [-0.05, 0) is 31.2 Å². The largest absolute Gasteiger partial charge is 0.459 e. The summed E-state index contributed by atoms with van der Waals surface area (Å²) in [5.74, 6) is 1.50. The maximum atomic E-state index is 12.7. The van der Waals surface area contributed by atoms with Crippen LogP contribution in [0, 0.1) is 0 Å². The van der Waals surface area contributed by atoms with Crippen LogP contribution in [0.1, 0.15) is 18.7 Å². The number of rotatable bonds is 5. The van der Waals surface area contributed by atoms with Crippen molar-refractivity contribution in [3.8, 4) is 0 Å². The van der Waals surface area contributed by atoms with Gasteiger partial charge >= 0.3 is 0 Å². The number of anilines is 1. The molecule has 2 aromatic heterocycles. The number of benzene rings is 1. The number of hydrogen-bond acceptors (Lipinski definition) is 6. The van der Waals surface area contributed by atoms with Crippen LogP contribution in [0.15, 0.2) is 58.0 Å². The summed E-state index contributed by atoms with van der Waals surface area (Å²) in [6.07, 6.45) is 1.42. The SMILES string of the molecule is CC(c1cc2ccccc2o1)N(C)c1ccc(S(=O)(=O)N2CCOCC2)cn1. The van der Waals surface area contributed by atoms with Crippen LogP contribution in [-0.2, 0) is 14.8 Å². The molecule has 1 aromatic carbocycles. The maximum Gasteiger partial charge on any atom is 0.244 e. The Kier molecular flexibility index (Phi) is 5.09. The highest BCUT2D eigenvalue weighted by molar-refractivity contribution is 7.89. The van der Waals surface area contributed by atoms with Gasteiger partial charge in [0.25, 0.3) is 0 Å². The van der Waals surface area contributed by atoms with Gasteiger partial charge < -0.3 is 14.1 Å². The Morgan fingerprint density at radius 2 is 1.89 bits per heavy atom. The number of hydrogen-bond donors (Lipinski definition) is 0. The second kappa shape index (κ2) is 7.54. The molecule has 1 fully saturated rings. The average Bonchev–Trinajstić information content (AvgIpc) is 3.17. The number of ether oxygens (including phenoxy) is 1. The molecule has 0 aliphatic carbocycles. The molecule has 7 nitrogen and oxygen atoms in total. The zero-order valence-electron chi connectivity index (χ0n) is 15.9. The molecule has 0 N–H and O–H groups in total. The van der Waals surface area contributed by atoms with Crippen LogP contribution in [0.5, 0.6) is 0 Å². The maximum absolute atomic E-state index is 12.7. The third kappa shape index (κ3) is 3.50. The van der Waals surface area contributed by atoms with E-state index in [1.54, 1.807) is 12.1 Å². The Bertz CT molecular complexity index is 1020. The first kappa shape index (κ1) is 18.9. The van der Waals surface area contributed by atoms with E-state index in [9.17, 15) is 8.42 Å². The standard InChI is InChI=1S/C20H23N3O4S/c1-15(19-13-16-5-3-4-6-18(16)27-19)22(2)20-8-7-17(14-21-20)28(24,25)23-9-11-26-12-10-23/h3-8,13-15H,9-12H2,1-2H3. The van der Waals surface area contributed by atoms with Gasteiger partial charge in [0.2, 0.25) is 10.0 Å². The van der Waals surface area contributed by atoms with Crippen molar-refractivity contribution in [2.75, 3.05) is 38.3 Å². The first-order valence-electron chi connectivity index (χ1n) is 9.22. The van der Waals surface area contributed by atoms with E-state index >= 15 is 0 Å². The van der Waals surface area contributed by atoms with Gasteiger partial charge in [-0.25, -0.2) is 13.4 Å². The van der Waals surface area contributed by atoms with Gasteiger partial charge in [0.15, 0.2) is 0 Å². The van der Waals surface area contributed by atoms with Crippen LogP contribution in [0.4, 0.5) is 5.82 Å². The van der Waals surface area contributed by atoms with E-state index in [0.29, 0.717) is 32.1 Å². The molecule has 0 saturated carbocycles. The lowest BCUT2D eigenvalue weighted by Crippen LogP contribution is -2.40. The van der Waals surface area contributed by atoms with Crippen molar-refractivity contribution >= 4 is 26.8 Å². The number of fused-ring (bicyclic) bond motifs is 1. The molecule has 1 aliphatic rings. The summed E-state index contributed by atoms with van der Waals surface area (Å²) in [5, 5.41) is 1.05. The molecule has 4 rings (SSSR count). The highest BCUT2D eigenvalue weighted by Gasteiger charge is 2.27. The van der Waals surface area contributed by atoms with Gasteiger partial charge in [-0.1, -0.05) is 18.2 Å². The third-order valence-corrected chi connectivity index (χ3v) is 7.01. The molecule has 0 radical (unpaired) electrons. The van der Waals surface area contributed by atoms with Crippen molar-refractivity contribution in [3.63, 3.8) is 0 Å². The number of sulfonamides is 1. The van der Waals surface area contributed by atoms with E-state index in [-0.39, 0.29) is 10.9 Å². The molecule has 8 heteroatoms. The summed E-state index contributed by atoms with van der Waals surface area (Å²) in [6.45, 7) is 3.60. The highest BCUT2D eigenvalue weighted by atomic mass is 32.2. The zero-order chi connectivity index (χ0) is 19.7. The Labute approximate surface area is 164 Å². The molecular weight excluding hydrogens is 378 g/mol. The Morgan fingerprint density at radius 1 is 1.14 bits per heavy atom. The summed E-state index contributed by atoms with van der Waals surface area (Å²) in [4.78, 5) is 6.55. The topological polar surface area (TPSA) is 75.9 Å². The Hall–Kier alpha value is -2.42. The molecule has 3 heterocycles. The number of para-hydroxylation sites is 1. The van der Waals surface area contributed by atoms with Crippen molar-refractivity contribution in [2.45, 2.75) is 17.9 Å². The predicted molar refractivity (Wildman–Crippen MR) is 107 cm³/mol. The molecule has 148 valence electrons. The van der Waals surface area contributed by atoms with E-state index in [1.165, 1.54) is 10.5 Å². The van der Waals surface area contributed by atoms with E-state index < -0.39 is 10.0 Å². The quantitative estimate of drug-likeness (QED) is 0.654. The first-order chi connectivity index (χ1) is 13.5. The van der Waals surface area contributed by atoms with Crippen LogP contribution in [0.25, 0.3) is 11.0 Å². The molecule has 3 aromatic rings. The minimum atomic E-state index is -3.54. The molecule has 1 unspecified atom stereocenters. The molecule has 0 spiro atoms. The van der Waals surface area contributed by atoms with Crippen LogP contribution in [0.2, 0.25) is 0 Å². The van der Waals surface area contributed by atoms with Crippen LogP contribution < -0.4 is 4.90 Å². The van der Waals surface area contributed by atoms with Gasteiger partial charge in [0, 0.05) is 31.7 Å². The average molecular weight is 401 g/mol. The summed E-state index contributed by atoms with van der Waals surface area (Å²) in [7, 11) is -1.63. The fourth-order valence-electron chi connectivity index (χ4n) is 3.27. The monoisotopic (exact) mass is 401 g/mol. The van der Waals surface area contributed by atoms with Crippen LogP contribution in [-0.4, -0.2) is 51.1 Å². The van der Waals surface area contributed by atoms with E-state index in [4.69, 9.17) is 9.15 Å². The fraction of sp³-hybridized carbons (Fsp3) is 0.350. The summed E-state index contributed by atoms with van der Waals surface area (Å²) >= 11 is 0. The molecule has 1 atom stereocenters. The molecule has 0 amide bonds. The minimum absolute atomic E-state index is 0.0541. The predicted octanol–water partition coefficient (Wildman–Crippen LogP) is 3.05. The number of furan rings is 1. The lowest BCUT2D eigenvalue weighted by Gasteiger charge is -2.27. The number of pyridine rings is 1. The van der Waals surface area contributed by atoms with Crippen LogP contribution in [0.3, 0.4) is 0 Å². The van der Waals surface area contributed by atoms with Gasteiger partial charge in [0.05, 0.1) is 19.3 Å². The first-order valence-corrected chi connectivity index (χ1v) is 10.7. The highest BCUT2D eigenvalue weighted by Crippen LogP contribution is 2.29. The Balaban J connectivity index is 1.54. The third-order valence-electron chi connectivity index (χ3n) is 5.13. The molecule has 0 bridgehead atoms. The van der Waals surface area contributed by atoms with Gasteiger partial charge in [-0.15, -0.1) is 0 Å². The molecular formula is C20H23N3O4S. The second-order valence-electron chi connectivity index (χ2n) is 6.84. The smallest absolute Gasteiger partial charge is 0.244 e. The number of aromatic nitrogens is 1. The number of nitrogens with zero attached hydrogens (tertiary/aromatic N) is 3. The summed E-state index contributed by atoms with van der Waals surface area (Å²) in [6, 6.07) is 13.2.